The number of carbonyl (C=O) groups excluding carboxylic acids is 1. The molecule has 0 bridgehead atoms. The molecule has 7 heteroatoms. The van der Waals surface area contributed by atoms with Gasteiger partial charge in [0, 0.05) is 33.2 Å². The zero-order valence-electron chi connectivity index (χ0n) is 10.8. The minimum Gasteiger partial charge on any atom is -0.343 e. The van der Waals surface area contributed by atoms with E-state index in [1.54, 1.807) is 19.0 Å². The summed E-state index contributed by atoms with van der Waals surface area (Å²) in [5.74, 6) is 0.668. The normalized spacial score (nSPS) is 16.9. The van der Waals surface area contributed by atoms with E-state index in [-0.39, 0.29) is 6.03 Å². The van der Waals surface area contributed by atoms with Crippen LogP contribution in [0.4, 0.5) is 4.79 Å². The van der Waals surface area contributed by atoms with E-state index in [1.165, 1.54) is 6.39 Å². The van der Waals surface area contributed by atoms with Crippen LogP contribution in [-0.4, -0.2) is 59.2 Å². The third-order valence-corrected chi connectivity index (χ3v) is 3.10. The third-order valence-electron chi connectivity index (χ3n) is 3.10. The van der Waals surface area contributed by atoms with E-state index in [0.717, 1.165) is 25.9 Å². The van der Waals surface area contributed by atoms with Gasteiger partial charge in [0.2, 0.25) is 6.39 Å². The van der Waals surface area contributed by atoms with Crippen molar-refractivity contribution in [2.75, 3.05) is 27.2 Å². The zero-order valence-corrected chi connectivity index (χ0v) is 10.8. The van der Waals surface area contributed by atoms with Gasteiger partial charge in [-0.15, -0.1) is 0 Å². The topological polar surface area (TPSA) is 74.5 Å². The van der Waals surface area contributed by atoms with Gasteiger partial charge in [-0.25, -0.2) is 4.79 Å². The Balaban J connectivity index is 1.72. The van der Waals surface area contributed by atoms with Crippen LogP contribution in [0.2, 0.25) is 0 Å². The van der Waals surface area contributed by atoms with E-state index in [4.69, 9.17) is 0 Å². The van der Waals surface area contributed by atoms with Gasteiger partial charge in [-0.1, -0.05) is 5.16 Å². The van der Waals surface area contributed by atoms with Gasteiger partial charge in [0.15, 0.2) is 5.82 Å². The highest BCUT2D eigenvalue weighted by Crippen LogP contribution is 2.11. The fourth-order valence-corrected chi connectivity index (χ4v) is 2.06. The van der Waals surface area contributed by atoms with Gasteiger partial charge >= 0.3 is 6.03 Å². The van der Waals surface area contributed by atoms with Crippen LogP contribution in [0.3, 0.4) is 0 Å². The van der Waals surface area contributed by atoms with Gasteiger partial charge < -0.3 is 19.6 Å². The second-order valence-electron chi connectivity index (χ2n) is 4.67. The maximum Gasteiger partial charge on any atom is 0.319 e. The first-order valence-corrected chi connectivity index (χ1v) is 6.11. The van der Waals surface area contributed by atoms with Gasteiger partial charge in [0.05, 0.1) is 6.54 Å². The molecule has 0 unspecified atom stereocenters. The first-order chi connectivity index (χ1) is 8.66. The number of piperidine rings is 1. The third kappa shape index (κ3) is 3.19. The Morgan fingerprint density at radius 3 is 2.83 bits per heavy atom. The number of aromatic nitrogens is 2. The summed E-state index contributed by atoms with van der Waals surface area (Å²) in [6.07, 6.45) is 3.24. The predicted octanol–water partition coefficient (Wildman–Crippen LogP) is 0.305. The lowest BCUT2D eigenvalue weighted by Crippen LogP contribution is -2.47. The predicted molar refractivity (Wildman–Crippen MR) is 64.8 cm³/mol. The molecular weight excluding hydrogens is 234 g/mol. The van der Waals surface area contributed by atoms with Crippen molar-refractivity contribution in [3.63, 3.8) is 0 Å². The smallest absolute Gasteiger partial charge is 0.319 e. The molecule has 1 aromatic heterocycles. The quantitative estimate of drug-likeness (QED) is 0.839. The molecule has 1 fully saturated rings. The summed E-state index contributed by atoms with van der Waals surface area (Å²) in [7, 11) is 3.56. The van der Waals surface area contributed by atoms with E-state index in [0.29, 0.717) is 18.4 Å². The van der Waals surface area contributed by atoms with Crippen LogP contribution >= 0.6 is 0 Å². The number of rotatable bonds is 3. The van der Waals surface area contributed by atoms with Crippen molar-refractivity contribution in [2.24, 2.45) is 0 Å². The Bertz CT molecular complexity index is 371. The van der Waals surface area contributed by atoms with Crippen molar-refractivity contribution < 1.29 is 9.32 Å². The van der Waals surface area contributed by atoms with Gasteiger partial charge in [-0.2, -0.15) is 4.98 Å². The number of hydrogen-bond acceptors (Lipinski definition) is 5. The van der Waals surface area contributed by atoms with Crippen molar-refractivity contribution in [3.05, 3.63) is 12.2 Å². The summed E-state index contributed by atoms with van der Waals surface area (Å²) in [6.45, 7) is 2.20. The van der Waals surface area contributed by atoms with Crippen LogP contribution < -0.4 is 5.32 Å². The maximum absolute atomic E-state index is 11.7. The lowest BCUT2D eigenvalue weighted by atomic mass is 10.1. The molecule has 18 heavy (non-hydrogen) atoms. The number of nitrogens with one attached hydrogen (secondary N) is 1. The van der Waals surface area contributed by atoms with E-state index < -0.39 is 0 Å². The summed E-state index contributed by atoms with van der Waals surface area (Å²) in [5.41, 5.74) is 0. The average molecular weight is 253 g/mol. The van der Waals surface area contributed by atoms with Crippen LogP contribution in [0.5, 0.6) is 0 Å². The van der Waals surface area contributed by atoms with Crippen molar-refractivity contribution in [2.45, 2.75) is 25.4 Å². The fourth-order valence-electron chi connectivity index (χ4n) is 2.06. The van der Waals surface area contributed by atoms with Crippen molar-refractivity contribution in [3.8, 4) is 0 Å². The molecule has 7 nitrogen and oxygen atoms in total. The number of hydrogen-bond donors (Lipinski definition) is 1. The summed E-state index contributed by atoms with van der Waals surface area (Å²) >= 11 is 0. The second-order valence-corrected chi connectivity index (χ2v) is 4.67. The van der Waals surface area contributed by atoms with Gasteiger partial charge in [-0.05, 0) is 12.8 Å². The molecule has 0 radical (unpaired) electrons. The number of urea groups is 1. The fraction of sp³-hybridized carbons (Fsp3) is 0.727. The summed E-state index contributed by atoms with van der Waals surface area (Å²) < 4.78 is 4.67. The molecule has 0 saturated carbocycles. The van der Waals surface area contributed by atoms with E-state index in [9.17, 15) is 4.79 Å². The van der Waals surface area contributed by atoms with Gasteiger partial charge in [-0.3, -0.25) is 0 Å². The van der Waals surface area contributed by atoms with Gasteiger partial charge in [0.1, 0.15) is 0 Å². The van der Waals surface area contributed by atoms with Crippen molar-refractivity contribution in [1.29, 1.82) is 0 Å². The molecule has 1 N–H and O–H groups in total. The standard InChI is InChI=1S/C11H19N5O2/c1-15(2)11(17)16-5-3-9(4-6-16)12-7-10-13-8-18-14-10/h8-9,12H,3-7H2,1-2H3. The van der Waals surface area contributed by atoms with Crippen LogP contribution in [0.1, 0.15) is 18.7 Å². The van der Waals surface area contributed by atoms with E-state index >= 15 is 0 Å². The van der Waals surface area contributed by atoms with Crippen LogP contribution in [-0.2, 0) is 6.54 Å². The highest BCUT2D eigenvalue weighted by Gasteiger charge is 2.23. The summed E-state index contributed by atoms with van der Waals surface area (Å²) in [5, 5.41) is 7.12. The molecule has 0 aromatic carbocycles. The van der Waals surface area contributed by atoms with Crippen molar-refractivity contribution >= 4 is 6.03 Å². The lowest BCUT2D eigenvalue weighted by Gasteiger charge is -2.33. The molecule has 2 rings (SSSR count). The summed E-state index contributed by atoms with van der Waals surface area (Å²) in [4.78, 5) is 19.2. The largest absolute Gasteiger partial charge is 0.343 e. The molecular formula is C11H19N5O2. The van der Waals surface area contributed by atoms with Gasteiger partial charge in [0.25, 0.3) is 0 Å². The molecule has 1 aliphatic heterocycles. The van der Waals surface area contributed by atoms with Crippen LogP contribution in [0, 0.1) is 0 Å². The van der Waals surface area contributed by atoms with E-state index in [1.807, 2.05) is 4.90 Å². The lowest BCUT2D eigenvalue weighted by molar-refractivity contribution is 0.152. The highest BCUT2D eigenvalue weighted by molar-refractivity contribution is 5.73. The molecule has 0 aliphatic carbocycles. The molecule has 1 aliphatic rings. The number of amides is 2. The molecule has 100 valence electrons. The first-order valence-electron chi connectivity index (χ1n) is 6.11. The van der Waals surface area contributed by atoms with Crippen LogP contribution in [0.15, 0.2) is 10.9 Å². The molecule has 2 amide bonds. The minimum absolute atomic E-state index is 0.0895. The van der Waals surface area contributed by atoms with Crippen molar-refractivity contribution in [1.82, 2.24) is 25.3 Å². The Hall–Kier alpha value is -1.63. The molecule has 1 saturated heterocycles. The molecule has 1 aromatic rings. The molecule has 2 heterocycles. The molecule has 0 atom stereocenters. The average Bonchev–Trinajstić information content (AvgIpc) is 2.89. The number of nitrogens with zero attached hydrogens (tertiary/aromatic N) is 4. The van der Waals surface area contributed by atoms with E-state index in [2.05, 4.69) is 20.0 Å². The number of likely N-dealkylation sites (tertiary alicyclic amines) is 1. The Morgan fingerprint density at radius 1 is 1.56 bits per heavy atom. The SMILES string of the molecule is CN(C)C(=O)N1CCC(NCc2ncon2)CC1. The molecule has 0 spiro atoms. The Labute approximate surface area is 106 Å². The van der Waals surface area contributed by atoms with Crippen LogP contribution in [0.25, 0.3) is 0 Å². The Morgan fingerprint density at radius 2 is 2.28 bits per heavy atom. The highest BCUT2D eigenvalue weighted by atomic mass is 16.5. The zero-order chi connectivity index (χ0) is 13.0. The monoisotopic (exact) mass is 253 g/mol. The summed E-state index contributed by atoms with van der Waals surface area (Å²) in [6, 6.07) is 0.501. The second kappa shape index (κ2) is 5.81. The maximum atomic E-state index is 11.7. The Kier molecular flexibility index (Phi) is 4.14. The minimum atomic E-state index is 0.0895. The first kappa shape index (κ1) is 12.8. The number of carbonyl (C=O) groups is 1.